The van der Waals surface area contributed by atoms with Crippen LogP contribution in [0, 0.1) is 6.92 Å². The fourth-order valence-corrected chi connectivity index (χ4v) is 3.40. The molecule has 1 aromatic heterocycles. The summed E-state index contributed by atoms with van der Waals surface area (Å²) in [5.74, 6) is 1.77. The highest BCUT2D eigenvalue weighted by Gasteiger charge is 2.22. The largest absolute Gasteiger partial charge is 0.459 e. The first-order valence-electron chi connectivity index (χ1n) is 9.46. The standard InChI is InChI=1S/C20H31N5O.HI/c1-5-21-20(22-12-16-14-24(3)10-11-25(16)4)23-13-19-15(2)17-8-6-7-9-18(17)26-19;/h6-9,16H,5,10-14H2,1-4H3,(H2,21,22,23);1H. The van der Waals surface area contributed by atoms with Crippen molar-refractivity contribution in [2.75, 3.05) is 46.8 Å². The quantitative estimate of drug-likeness (QED) is 0.388. The number of aliphatic imine (C=N–C) groups is 1. The van der Waals surface area contributed by atoms with Crippen molar-refractivity contribution < 1.29 is 4.42 Å². The van der Waals surface area contributed by atoms with Gasteiger partial charge in [0, 0.05) is 49.7 Å². The molecule has 1 saturated heterocycles. The zero-order valence-electron chi connectivity index (χ0n) is 16.8. The Morgan fingerprint density at radius 2 is 2.00 bits per heavy atom. The average Bonchev–Trinajstić information content (AvgIpc) is 2.96. The van der Waals surface area contributed by atoms with Crippen LogP contribution in [0.15, 0.2) is 33.7 Å². The van der Waals surface area contributed by atoms with Crippen molar-refractivity contribution in [2.24, 2.45) is 4.99 Å². The van der Waals surface area contributed by atoms with Crippen LogP contribution in [0.3, 0.4) is 0 Å². The molecule has 0 bridgehead atoms. The summed E-state index contributed by atoms with van der Waals surface area (Å²) in [6.45, 7) is 9.76. The molecular formula is C20H32IN5O. The predicted molar refractivity (Wildman–Crippen MR) is 123 cm³/mol. The van der Waals surface area contributed by atoms with E-state index in [-0.39, 0.29) is 24.0 Å². The van der Waals surface area contributed by atoms with Crippen molar-refractivity contribution >= 4 is 40.9 Å². The summed E-state index contributed by atoms with van der Waals surface area (Å²) >= 11 is 0. The third-order valence-electron chi connectivity index (χ3n) is 5.15. The molecule has 0 radical (unpaired) electrons. The summed E-state index contributed by atoms with van der Waals surface area (Å²) in [6, 6.07) is 8.64. The zero-order chi connectivity index (χ0) is 18.5. The summed E-state index contributed by atoms with van der Waals surface area (Å²) in [4.78, 5) is 9.54. The molecule has 1 aliphatic heterocycles. The number of aryl methyl sites for hydroxylation is 1. The minimum Gasteiger partial charge on any atom is -0.459 e. The molecule has 150 valence electrons. The van der Waals surface area contributed by atoms with E-state index in [1.165, 1.54) is 10.9 Å². The first kappa shape index (κ1) is 22.0. The summed E-state index contributed by atoms with van der Waals surface area (Å²) in [5, 5.41) is 8.00. The van der Waals surface area contributed by atoms with Gasteiger partial charge in [-0.25, -0.2) is 4.99 Å². The number of hydrogen-bond acceptors (Lipinski definition) is 4. The molecule has 6 nitrogen and oxygen atoms in total. The Morgan fingerprint density at radius 3 is 2.74 bits per heavy atom. The fourth-order valence-electron chi connectivity index (χ4n) is 3.40. The van der Waals surface area contributed by atoms with Crippen LogP contribution in [0.25, 0.3) is 11.0 Å². The van der Waals surface area contributed by atoms with E-state index in [1.807, 2.05) is 18.2 Å². The first-order valence-corrected chi connectivity index (χ1v) is 9.46. The molecule has 27 heavy (non-hydrogen) atoms. The van der Waals surface area contributed by atoms with Gasteiger partial charge in [-0.15, -0.1) is 24.0 Å². The number of furan rings is 1. The molecule has 1 atom stereocenters. The van der Waals surface area contributed by atoms with Gasteiger partial charge in [-0.05, 0) is 34.0 Å². The van der Waals surface area contributed by atoms with Crippen molar-refractivity contribution in [3.05, 3.63) is 35.6 Å². The van der Waals surface area contributed by atoms with Crippen molar-refractivity contribution in [3.63, 3.8) is 0 Å². The number of para-hydroxylation sites is 1. The van der Waals surface area contributed by atoms with Gasteiger partial charge in [0.05, 0.1) is 0 Å². The smallest absolute Gasteiger partial charge is 0.191 e. The van der Waals surface area contributed by atoms with Gasteiger partial charge in [0.25, 0.3) is 0 Å². The fraction of sp³-hybridized carbons (Fsp3) is 0.550. The molecule has 0 spiro atoms. The topological polar surface area (TPSA) is 56.0 Å². The van der Waals surface area contributed by atoms with Gasteiger partial charge in [0.15, 0.2) is 5.96 Å². The minimum absolute atomic E-state index is 0. The van der Waals surface area contributed by atoms with Gasteiger partial charge in [-0.2, -0.15) is 0 Å². The van der Waals surface area contributed by atoms with Crippen molar-refractivity contribution in [2.45, 2.75) is 26.4 Å². The van der Waals surface area contributed by atoms with E-state index in [2.05, 4.69) is 54.4 Å². The lowest BCUT2D eigenvalue weighted by Gasteiger charge is -2.37. The van der Waals surface area contributed by atoms with Crippen LogP contribution in [0.1, 0.15) is 18.2 Å². The Hall–Kier alpha value is -1.32. The molecule has 2 N–H and O–H groups in total. The maximum absolute atomic E-state index is 5.98. The summed E-state index contributed by atoms with van der Waals surface area (Å²) in [6.07, 6.45) is 0. The Labute approximate surface area is 179 Å². The number of benzene rings is 1. The van der Waals surface area contributed by atoms with Crippen LogP contribution in [-0.4, -0.2) is 68.6 Å². The van der Waals surface area contributed by atoms with E-state index in [0.29, 0.717) is 12.6 Å². The molecule has 2 heterocycles. The van der Waals surface area contributed by atoms with E-state index in [0.717, 1.165) is 50.0 Å². The lowest BCUT2D eigenvalue weighted by Crippen LogP contribution is -2.55. The predicted octanol–water partition coefficient (Wildman–Crippen LogP) is 2.66. The Morgan fingerprint density at radius 1 is 1.22 bits per heavy atom. The van der Waals surface area contributed by atoms with Gasteiger partial charge < -0.3 is 20.0 Å². The van der Waals surface area contributed by atoms with E-state index in [1.54, 1.807) is 0 Å². The summed E-state index contributed by atoms with van der Waals surface area (Å²) < 4.78 is 5.98. The first-order chi connectivity index (χ1) is 12.6. The molecule has 7 heteroatoms. The van der Waals surface area contributed by atoms with Gasteiger partial charge in [0.1, 0.15) is 17.9 Å². The van der Waals surface area contributed by atoms with E-state index in [4.69, 9.17) is 9.41 Å². The maximum atomic E-state index is 5.98. The molecular weight excluding hydrogens is 453 g/mol. The number of guanidine groups is 1. The highest BCUT2D eigenvalue weighted by molar-refractivity contribution is 14.0. The number of halogens is 1. The van der Waals surface area contributed by atoms with Gasteiger partial charge in [-0.3, -0.25) is 4.90 Å². The number of rotatable bonds is 5. The van der Waals surface area contributed by atoms with Crippen molar-refractivity contribution in [3.8, 4) is 0 Å². The summed E-state index contributed by atoms with van der Waals surface area (Å²) in [7, 11) is 4.38. The number of fused-ring (bicyclic) bond motifs is 1. The van der Waals surface area contributed by atoms with Crippen LogP contribution in [0.4, 0.5) is 0 Å². The molecule has 2 aromatic rings. The Bertz CT molecular complexity index is 760. The summed E-state index contributed by atoms with van der Waals surface area (Å²) in [5.41, 5.74) is 2.11. The molecule has 0 amide bonds. The molecule has 0 aliphatic carbocycles. The van der Waals surface area contributed by atoms with Crippen LogP contribution in [-0.2, 0) is 6.54 Å². The van der Waals surface area contributed by atoms with Crippen molar-refractivity contribution in [1.82, 2.24) is 20.4 Å². The van der Waals surface area contributed by atoms with Gasteiger partial charge >= 0.3 is 0 Å². The number of piperazine rings is 1. The van der Waals surface area contributed by atoms with E-state index in [9.17, 15) is 0 Å². The highest BCUT2D eigenvalue weighted by Crippen LogP contribution is 2.25. The van der Waals surface area contributed by atoms with Crippen LogP contribution in [0.2, 0.25) is 0 Å². The number of hydrogen-bond donors (Lipinski definition) is 2. The molecule has 1 unspecified atom stereocenters. The Kier molecular flexibility index (Phi) is 8.37. The zero-order valence-corrected chi connectivity index (χ0v) is 19.1. The third kappa shape index (κ3) is 5.58. The van der Waals surface area contributed by atoms with Crippen LogP contribution >= 0.6 is 24.0 Å². The highest BCUT2D eigenvalue weighted by atomic mass is 127. The van der Waals surface area contributed by atoms with Crippen LogP contribution in [0.5, 0.6) is 0 Å². The lowest BCUT2D eigenvalue weighted by atomic mass is 10.1. The maximum Gasteiger partial charge on any atom is 0.191 e. The second kappa shape index (κ2) is 10.3. The molecule has 3 rings (SSSR count). The van der Waals surface area contributed by atoms with Crippen molar-refractivity contribution in [1.29, 1.82) is 0 Å². The lowest BCUT2D eigenvalue weighted by molar-refractivity contribution is 0.116. The van der Waals surface area contributed by atoms with Gasteiger partial charge in [-0.1, -0.05) is 18.2 Å². The average molecular weight is 485 g/mol. The minimum atomic E-state index is 0. The van der Waals surface area contributed by atoms with E-state index < -0.39 is 0 Å². The van der Waals surface area contributed by atoms with Crippen LogP contribution < -0.4 is 10.6 Å². The second-order valence-corrected chi connectivity index (χ2v) is 7.12. The SMILES string of the molecule is CCNC(=NCc1oc2ccccc2c1C)NCC1CN(C)CCN1C.I. The molecule has 0 saturated carbocycles. The number of nitrogens with zero attached hydrogens (tertiary/aromatic N) is 3. The molecule has 1 aromatic carbocycles. The van der Waals surface area contributed by atoms with E-state index >= 15 is 0 Å². The molecule has 1 aliphatic rings. The second-order valence-electron chi connectivity index (χ2n) is 7.12. The third-order valence-corrected chi connectivity index (χ3v) is 5.15. The number of nitrogens with one attached hydrogen (secondary N) is 2. The number of likely N-dealkylation sites (N-methyl/N-ethyl adjacent to an activating group) is 2. The van der Waals surface area contributed by atoms with Gasteiger partial charge in [0.2, 0.25) is 0 Å². The normalized spacial score (nSPS) is 19.1. The molecule has 1 fully saturated rings. The monoisotopic (exact) mass is 485 g/mol. The Balaban J connectivity index is 0.00000261.